The molecule has 100 valence electrons. The summed E-state index contributed by atoms with van der Waals surface area (Å²) in [5.41, 5.74) is 7.32. The molecule has 0 bridgehead atoms. The van der Waals surface area contributed by atoms with Crippen LogP contribution < -0.4 is 5.73 Å². The first-order chi connectivity index (χ1) is 9.22. The minimum Gasteiger partial charge on any atom is -0.398 e. The van der Waals surface area contributed by atoms with Gasteiger partial charge in [-0.25, -0.2) is 0 Å². The summed E-state index contributed by atoms with van der Waals surface area (Å²) in [6.45, 7) is 0.832. The fraction of sp³-hybridized carbons (Fsp3) is 0.385. The van der Waals surface area contributed by atoms with Gasteiger partial charge in [-0.2, -0.15) is 4.98 Å². The van der Waals surface area contributed by atoms with Gasteiger partial charge in [-0.05, 0) is 47.0 Å². The molecule has 3 rings (SSSR count). The van der Waals surface area contributed by atoms with Crippen LogP contribution in [0.4, 0.5) is 5.69 Å². The molecular weight excluding hydrogens is 310 g/mol. The highest BCUT2D eigenvalue weighted by Crippen LogP contribution is 2.26. The molecule has 0 radical (unpaired) electrons. The van der Waals surface area contributed by atoms with Gasteiger partial charge >= 0.3 is 0 Å². The number of hydrogen-bond acceptors (Lipinski definition) is 5. The number of rotatable bonds is 3. The summed E-state index contributed by atoms with van der Waals surface area (Å²) in [5, 5.41) is 3.99. The molecule has 1 atom stereocenters. The molecule has 0 saturated carbocycles. The van der Waals surface area contributed by atoms with E-state index in [2.05, 4.69) is 26.1 Å². The molecule has 2 aromatic rings. The number of hydrogen-bond donors (Lipinski definition) is 1. The van der Waals surface area contributed by atoms with Crippen molar-refractivity contribution in [3.8, 4) is 11.5 Å². The van der Waals surface area contributed by atoms with Crippen molar-refractivity contribution in [1.29, 1.82) is 0 Å². The van der Waals surface area contributed by atoms with Crippen molar-refractivity contribution in [3.63, 3.8) is 0 Å². The van der Waals surface area contributed by atoms with E-state index >= 15 is 0 Å². The first-order valence-corrected chi connectivity index (χ1v) is 7.01. The molecule has 0 spiro atoms. The molecule has 6 heteroatoms. The summed E-state index contributed by atoms with van der Waals surface area (Å²) in [6.07, 6.45) is 3.10. The van der Waals surface area contributed by atoms with Crippen molar-refractivity contribution in [2.45, 2.75) is 25.4 Å². The Labute approximate surface area is 119 Å². The molecule has 1 aromatic carbocycles. The number of ether oxygens (including phenoxy) is 1. The van der Waals surface area contributed by atoms with Crippen LogP contribution in [0, 0.1) is 0 Å². The molecular formula is C13H14BrN3O2. The summed E-state index contributed by atoms with van der Waals surface area (Å²) < 4.78 is 11.7. The Kier molecular flexibility index (Phi) is 3.52. The van der Waals surface area contributed by atoms with Crippen LogP contribution in [-0.4, -0.2) is 22.9 Å². The van der Waals surface area contributed by atoms with Crippen LogP contribution in [-0.2, 0) is 11.2 Å². The number of nitrogens with two attached hydrogens (primary N) is 1. The zero-order chi connectivity index (χ0) is 13.2. The van der Waals surface area contributed by atoms with Crippen molar-refractivity contribution in [2.75, 3.05) is 12.3 Å². The van der Waals surface area contributed by atoms with Crippen LogP contribution in [0.25, 0.3) is 11.5 Å². The predicted molar refractivity (Wildman–Crippen MR) is 74.5 cm³/mol. The number of aromatic nitrogens is 2. The molecule has 1 fully saturated rings. The Morgan fingerprint density at radius 3 is 3.05 bits per heavy atom. The Bertz CT molecular complexity index is 579. The largest absolute Gasteiger partial charge is 0.398 e. The molecule has 0 aliphatic carbocycles. The minimum atomic E-state index is 0.223. The van der Waals surface area contributed by atoms with Crippen LogP contribution in [0.5, 0.6) is 0 Å². The van der Waals surface area contributed by atoms with Crippen molar-refractivity contribution >= 4 is 21.6 Å². The second kappa shape index (κ2) is 5.30. The van der Waals surface area contributed by atoms with Gasteiger partial charge in [0, 0.05) is 28.8 Å². The highest BCUT2D eigenvalue weighted by molar-refractivity contribution is 9.10. The summed E-state index contributed by atoms with van der Waals surface area (Å²) in [4.78, 5) is 4.39. The number of benzene rings is 1. The summed E-state index contributed by atoms with van der Waals surface area (Å²) in [5.74, 6) is 1.18. The van der Waals surface area contributed by atoms with E-state index in [0.29, 0.717) is 23.8 Å². The number of nitrogens with zero attached hydrogens (tertiary/aromatic N) is 2. The number of halogens is 1. The number of anilines is 1. The second-order valence-electron chi connectivity index (χ2n) is 4.59. The molecule has 2 heterocycles. The highest BCUT2D eigenvalue weighted by Gasteiger charge is 2.19. The molecule has 1 saturated heterocycles. The SMILES string of the molecule is Nc1cc(-c2nc(CC3CCCO3)no2)ccc1Br. The van der Waals surface area contributed by atoms with Crippen molar-refractivity contribution in [2.24, 2.45) is 0 Å². The van der Waals surface area contributed by atoms with E-state index in [4.69, 9.17) is 15.0 Å². The van der Waals surface area contributed by atoms with Gasteiger partial charge in [0.05, 0.1) is 6.10 Å². The van der Waals surface area contributed by atoms with Gasteiger partial charge < -0.3 is 15.0 Å². The average Bonchev–Trinajstić information content (AvgIpc) is 3.05. The van der Waals surface area contributed by atoms with E-state index in [1.807, 2.05) is 18.2 Å². The van der Waals surface area contributed by atoms with Crippen molar-refractivity contribution in [3.05, 3.63) is 28.5 Å². The van der Waals surface area contributed by atoms with E-state index in [9.17, 15) is 0 Å². The van der Waals surface area contributed by atoms with Gasteiger partial charge in [0.15, 0.2) is 5.82 Å². The lowest BCUT2D eigenvalue weighted by Gasteiger charge is -2.03. The van der Waals surface area contributed by atoms with Crippen LogP contribution in [0.1, 0.15) is 18.7 Å². The highest BCUT2D eigenvalue weighted by atomic mass is 79.9. The maximum absolute atomic E-state index is 5.84. The fourth-order valence-corrected chi connectivity index (χ4v) is 2.39. The van der Waals surface area contributed by atoms with E-state index in [-0.39, 0.29) is 6.10 Å². The third-order valence-corrected chi connectivity index (χ3v) is 3.87. The van der Waals surface area contributed by atoms with E-state index in [1.54, 1.807) is 0 Å². The summed E-state index contributed by atoms with van der Waals surface area (Å²) >= 11 is 3.36. The topological polar surface area (TPSA) is 74.2 Å². The van der Waals surface area contributed by atoms with Crippen LogP contribution >= 0.6 is 15.9 Å². The van der Waals surface area contributed by atoms with Gasteiger partial charge in [0.1, 0.15) is 0 Å². The lowest BCUT2D eigenvalue weighted by Crippen LogP contribution is -2.09. The average molecular weight is 324 g/mol. The maximum atomic E-state index is 5.84. The normalized spacial score (nSPS) is 18.9. The van der Waals surface area contributed by atoms with Crippen molar-refractivity contribution < 1.29 is 9.26 Å². The zero-order valence-electron chi connectivity index (χ0n) is 10.3. The second-order valence-corrected chi connectivity index (χ2v) is 5.45. The van der Waals surface area contributed by atoms with Gasteiger partial charge in [0.25, 0.3) is 5.89 Å². The van der Waals surface area contributed by atoms with Crippen LogP contribution in [0.3, 0.4) is 0 Å². The molecule has 0 amide bonds. The first-order valence-electron chi connectivity index (χ1n) is 6.22. The van der Waals surface area contributed by atoms with E-state index < -0.39 is 0 Å². The zero-order valence-corrected chi connectivity index (χ0v) is 11.9. The monoisotopic (exact) mass is 323 g/mol. The fourth-order valence-electron chi connectivity index (χ4n) is 2.14. The Morgan fingerprint density at radius 2 is 2.32 bits per heavy atom. The Balaban J connectivity index is 1.78. The van der Waals surface area contributed by atoms with Gasteiger partial charge in [-0.15, -0.1) is 0 Å². The third kappa shape index (κ3) is 2.79. The standard InChI is InChI=1S/C13H14BrN3O2/c14-10-4-3-8(6-11(10)15)13-16-12(17-19-13)7-9-2-1-5-18-9/h3-4,6,9H,1-2,5,7,15H2. The van der Waals surface area contributed by atoms with Crippen LogP contribution in [0.15, 0.2) is 27.2 Å². The van der Waals surface area contributed by atoms with Gasteiger partial charge in [-0.1, -0.05) is 5.16 Å². The lowest BCUT2D eigenvalue weighted by molar-refractivity contribution is 0.109. The molecule has 5 nitrogen and oxygen atoms in total. The van der Waals surface area contributed by atoms with Gasteiger partial charge in [0.2, 0.25) is 0 Å². The third-order valence-electron chi connectivity index (χ3n) is 3.15. The van der Waals surface area contributed by atoms with E-state index in [1.165, 1.54) is 0 Å². The molecule has 1 aliphatic rings. The molecule has 2 N–H and O–H groups in total. The Hall–Kier alpha value is -1.40. The maximum Gasteiger partial charge on any atom is 0.257 e. The van der Waals surface area contributed by atoms with Crippen LogP contribution in [0.2, 0.25) is 0 Å². The predicted octanol–water partition coefficient (Wildman–Crippen LogP) is 2.80. The molecule has 1 aromatic heterocycles. The van der Waals surface area contributed by atoms with Crippen molar-refractivity contribution in [1.82, 2.24) is 10.1 Å². The number of nitrogen functional groups attached to an aromatic ring is 1. The molecule has 1 aliphatic heterocycles. The Morgan fingerprint density at radius 1 is 1.42 bits per heavy atom. The molecule has 1 unspecified atom stereocenters. The quantitative estimate of drug-likeness (QED) is 0.879. The minimum absolute atomic E-state index is 0.223. The summed E-state index contributed by atoms with van der Waals surface area (Å²) in [6, 6.07) is 5.58. The first kappa shape index (κ1) is 12.6. The lowest BCUT2D eigenvalue weighted by atomic mass is 10.2. The molecule has 19 heavy (non-hydrogen) atoms. The summed E-state index contributed by atoms with van der Waals surface area (Å²) in [7, 11) is 0. The van der Waals surface area contributed by atoms with E-state index in [0.717, 1.165) is 29.5 Å². The van der Waals surface area contributed by atoms with Gasteiger partial charge in [-0.3, -0.25) is 0 Å². The smallest absolute Gasteiger partial charge is 0.257 e.